The van der Waals surface area contributed by atoms with Crippen LogP contribution in [0.15, 0.2) is 194 Å². The summed E-state index contributed by atoms with van der Waals surface area (Å²) in [5.74, 6) is 0. The van der Waals surface area contributed by atoms with Gasteiger partial charge in [-0.25, -0.2) is 0 Å². The number of nitrogens with one attached hydrogen (secondary N) is 1. The highest BCUT2D eigenvalue weighted by Crippen LogP contribution is 2.35. The maximum atomic E-state index is 5.42. The molecular weight excluding hydrogens is 643 g/mol. The fourth-order valence-electron chi connectivity index (χ4n) is 5.97. The van der Waals surface area contributed by atoms with Crippen LogP contribution in [0, 0.1) is 0 Å². The Morgan fingerprint density at radius 1 is 0.528 bits per heavy atom. The van der Waals surface area contributed by atoms with Gasteiger partial charge in [-0.2, -0.15) is 0 Å². The van der Waals surface area contributed by atoms with Gasteiger partial charge in [0.1, 0.15) is 0 Å². The van der Waals surface area contributed by atoms with E-state index >= 15 is 0 Å². The molecule has 3 nitrogen and oxygen atoms in total. The predicted molar refractivity (Wildman–Crippen MR) is 231 cm³/mol. The number of benzene rings is 7. The summed E-state index contributed by atoms with van der Waals surface area (Å²) in [6.07, 6.45) is 1.95. The normalized spacial score (nSPS) is 10.4. The van der Waals surface area contributed by atoms with Gasteiger partial charge < -0.3 is 11.1 Å². The summed E-state index contributed by atoms with van der Waals surface area (Å²) < 4.78 is 0. The second-order valence-electron chi connectivity index (χ2n) is 12.3. The summed E-state index contributed by atoms with van der Waals surface area (Å²) in [5, 5.41) is 3.51. The number of hydrogen-bond donors (Lipinski definition) is 2. The molecule has 0 spiro atoms. The molecule has 7 aromatic rings. The lowest BCUT2D eigenvalue weighted by Gasteiger charge is -2.14. The van der Waals surface area contributed by atoms with E-state index in [0.717, 1.165) is 23.4 Å². The van der Waals surface area contributed by atoms with E-state index in [4.69, 9.17) is 10.7 Å². The Labute approximate surface area is 316 Å². The lowest BCUT2D eigenvalue weighted by Crippen LogP contribution is -1.98. The van der Waals surface area contributed by atoms with Gasteiger partial charge in [0.15, 0.2) is 0 Å². The van der Waals surface area contributed by atoms with Crippen LogP contribution in [0.4, 0.5) is 5.69 Å². The minimum absolute atomic E-state index is 0.621. The highest BCUT2D eigenvalue weighted by molar-refractivity contribution is 5.83. The fourth-order valence-corrected chi connectivity index (χ4v) is 5.97. The quantitative estimate of drug-likeness (QED) is 0.140. The van der Waals surface area contributed by atoms with Crippen LogP contribution >= 0.6 is 0 Å². The smallest absolute Gasteiger partial charge is 0.0640 e. The van der Waals surface area contributed by atoms with Crippen molar-refractivity contribution in [3.05, 3.63) is 205 Å². The van der Waals surface area contributed by atoms with E-state index < -0.39 is 0 Å². The second-order valence-corrected chi connectivity index (χ2v) is 12.3. The third-order valence-corrected chi connectivity index (χ3v) is 8.51. The van der Waals surface area contributed by atoms with Gasteiger partial charge >= 0.3 is 0 Å². The number of anilines is 1. The van der Waals surface area contributed by atoms with Crippen molar-refractivity contribution in [2.24, 2.45) is 10.7 Å². The molecule has 0 saturated carbocycles. The highest BCUT2D eigenvalue weighted by Gasteiger charge is 2.10. The first-order valence-electron chi connectivity index (χ1n) is 18.3. The lowest BCUT2D eigenvalue weighted by molar-refractivity contribution is 1.07. The van der Waals surface area contributed by atoms with Crippen LogP contribution in [-0.4, -0.2) is 12.8 Å². The average Bonchev–Trinajstić information content (AvgIpc) is 3.23. The van der Waals surface area contributed by atoms with Crippen molar-refractivity contribution in [3.63, 3.8) is 0 Å². The first-order valence-corrected chi connectivity index (χ1v) is 18.3. The number of rotatable bonds is 10. The monoisotopic (exact) mass is 691 g/mol. The minimum Gasteiger partial charge on any atom is -0.399 e. The zero-order chi connectivity index (χ0) is 37.3. The third kappa shape index (κ3) is 11.0. The van der Waals surface area contributed by atoms with Crippen LogP contribution in [-0.2, 0) is 6.54 Å². The van der Waals surface area contributed by atoms with Crippen LogP contribution in [0.5, 0.6) is 0 Å². The molecule has 0 aromatic heterocycles. The topological polar surface area (TPSA) is 50.4 Å². The molecule has 3 heteroatoms. The molecule has 264 valence electrons. The lowest BCUT2D eigenvalue weighted by atomic mass is 9.92. The Morgan fingerprint density at radius 2 is 0.962 bits per heavy atom. The molecule has 0 aliphatic heterocycles. The van der Waals surface area contributed by atoms with Gasteiger partial charge in [0.2, 0.25) is 0 Å². The van der Waals surface area contributed by atoms with E-state index in [1.165, 1.54) is 50.1 Å². The molecule has 3 N–H and O–H groups in total. The van der Waals surface area contributed by atoms with Gasteiger partial charge in [-0.05, 0) is 111 Å². The van der Waals surface area contributed by atoms with Crippen molar-refractivity contribution >= 4 is 17.6 Å². The molecule has 0 radical (unpaired) electrons. The van der Waals surface area contributed by atoms with Crippen LogP contribution < -0.4 is 11.1 Å². The first-order chi connectivity index (χ1) is 26.1. The Balaban J connectivity index is 0.000000427. The summed E-state index contributed by atoms with van der Waals surface area (Å²) in [4.78, 5) is 4.74. The maximum Gasteiger partial charge on any atom is 0.0640 e. The van der Waals surface area contributed by atoms with Crippen molar-refractivity contribution in [2.45, 2.75) is 27.3 Å². The van der Waals surface area contributed by atoms with Crippen molar-refractivity contribution in [1.29, 1.82) is 0 Å². The van der Waals surface area contributed by atoms with Crippen molar-refractivity contribution in [3.8, 4) is 44.5 Å². The van der Waals surface area contributed by atoms with Crippen molar-refractivity contribution in [1.82, 2.24) is 0 Å². The fraction of sp³-hybridized carbons (Fsp3) is 0.100. The van der Waals surface area contributed by atoms with Crippen molar-refractivity contribution in [2.75, 3.05) is 11.9 Å². The standard InChI is InChI=1S/C40H34N2.C8H9N.C2H6/c1-2-42-40-22-31(29-41-28-30-13-6-3-7-14-30)21-36(27-40)34-19-12-20-35(23-34)39-25-37(32-15-8-4-9-16-32)24-38(26-39)33-17-10-5-11-18-33;1-7(9)8-5-3-2-4-6-8;1-2/h3-28,42H,2,29H2,1H3;2-6H,1,9H2;1-2H3. The molecule has 7 rings (SSSR count). The van der Waals surface area contributed by atoms with Crippen LogP contribution in [0.1, 0.15) is 37.5 Å². The van der Waals surface area contributed by atoms with Gasteiger partial charge in [0.05, 0.1) is 6.54 Å². The second kappa shape index (κ2) is 19.8. The van der Waals surface area contributed by atoms with E-state index in [0.29, 0.717) is 12.2 Å². The van der Waals surface area contributed by atoms with Gasteiger partial charge in [-0.3, -0.25) is 4.99 Å². The Bertz CT molecular complexity index is 2130. The Morgan fingerprint density at radius 3 is 1.45 bits per heavy atom. The number of nitrogens with two attached hydrogens (primary N) is 1. The van der Waals surface area contributed by atoms with E-state index in [-0.39, 0.29) is 0 Å². The molecule has 0 aliphatic carbocycles. The summed E-state index contributed by atoms with van der Waals surface area (Å²) in [5.41, 5.74) is 20.1. The first kappa shape index (κ1) is 37.8. The Kier molecular flexibility index (Phi) is 14.1. The van der Waals surface area contributed by atoms with Crippen LogP contribution in [0.2, 0.25) is 0 Å². The third-order valence-electron chi connectivity index (χ3n) is 8.51. The highest BCUT2D eigenvalue weighted by atomic mass is 14.8. The van der Waals surface area contributed by atoms with Crippen molar-refractivity contribution < 1.29 is 0 Å². The minimum atomic E-state index is 0.621. The van der Waals surface area contributed by atoms with Gasteiger partial charge in [-0.1, -0.05) is 160 Å². The molecule has 0 atom stereocenters. The molecule has 0 unspecified atom stereocenters. The zero-order valence-corrected chi connectivity index (χ0v) is 31.0. The molecule has 7 aromatic carbocycles. The number of aliphatic imine (C=N–C) groups is 1. The largest absolute Gasteiger partial charge is 0.399 e. The van der Waals surface area contributed by atoms with E-state index in [1.807, 2.05) is 68.6 Å². The molecular formula is C50H49N3. The summed E-state index contributed by atoms with van der Waals surface area (Å²) >= 11 is 0. The summed E-state index contributed by atoms with van der Waals surface area (Å²) in [6.45, 7) is 11.2. The van der Waals surface area contributed by atoms with E-state index in [1.54, 1.807) is 0 Å². The molecule has 0 bridgehead atoms. The SMILES string of the molecule is C=C(N)c1ccccc1.CC.CCNc1cc(CN=Cc2ccccc2)cc(-c2cccc(-c3cc(-c4ccccc4)cc(-c4ccccc4)c3)c2)c1. The van der Waals surface area contributed by atoms with E-state index in [2.05, 4.69) is 152 Å². The van der Waals surface area contributed by atoms with Gasteiger partial charge in [-0.15, -0.1) is 0 Å². The number of nitrogens with zero attached hydrogens (tertiary/aromatic N) is 1. The zero-order valence-electron chi connectivity index (χ0n) is 31.0. The predicted octanol–water partition coefficient (Wildman–Crippen LogP) is 13.0. The maximum absolute atomic E-state index is 5.42. The Hall–Kier alpha value is -6.45. The molecule has 0 heterocycles. The number of hydrogen-bond acceptors (Lipinski definition) is 3. The van der Waals surface area contributed by atoms with Crippen LogP contribution in [0.25, 0.3) is 50.2 Å². The molecule has 0 saturated heterocycles. The molecule has 0 amide bonds. The van der Waals surface area contributed by atoms with Crippen LogP contribution in [0.3, 0.4) is 0 Å². The average molecular weight is 692 g/mol. The molecule has 0 aliphatic rings. The molecule has 53 heavy (non-hydrogen) atoms. The summed E-state index contributed by atoms with van der Waals surface area (Å²) in [6, 6.07) is 63.7. The van der Waals surface area contributed by atoms with Gasteiger partial charge in [0.25, 0.3) is 0 Å². The van der Waals surface area contributed by atoms with E-state index in [9.17, 15) is 0 Å². The summed E-state index contributed by atoms with van der Waals surface area (Å²) in [7, 11) is 0. The van der Waals surface area contributed by atoms with Gasteiger partial charge in [0, 0.05) is 24.1 Å². The molecule has 0 fully saturated rings.